The van der Waals surface area contributed by atoms with Crippen LogP contribution in [-0.2, 0) is 5.41 Å². The van der Waals surface area contributed by atoms with Gasteiger partial charge in [0.15, 0.2) is 5.69 Å². The zero-order chi connectivity index (χ0) is 19.1. The summed E-state index contributed by atoms with van der Waals surface area (Å²) >= 11 is 1.99. The molecule has 3 heterocycles. The van der Waals surface area contributed by atoms with Crippen molar-refractivity contribution in [3.8, 4) is 0 Å². The molecule has 3 aliphatic rings. The standard InChI is InChI=1S/C21H25N3O3S/c25-19-18(23-10-13-28-14-11-23)15-3-1-2-4-16(15)21(19)6-8-24(9-7-21)20(26)17-5-12-27-22-17/h1-5,12,18-19,25H,6-11,13-14H2/t18-,19+/m1/s1. The van der Waals surface area contributed by atoms with Crippen LogP contribution in [0.15, 0.2) is 41.1 Å². The number of fused-ring (bicyclic) bond motifs is 2. The highest BCUT2D eigenvalue weighted by Gasteiger charge is 2.54. The van der Waals surface area contributed by atoms with Crippen LogP contribution >= 0.6 is 11.8 Å². The second-order valence-electron chi connectivity index (χ2n) is 7.96. The molecule has 1 aliphatic carbocycles. The van der Waals surface area contributed by atoms with Gasteiger partial charge in [-0.25, -0.2) is 0 Å². The Morgan fingerprint density at radius 1 is 1.14 bits per heavy atom. The molecule has 2 saturated heterocycles. The Bertz CT molecular complexity index is 842. The number of aromatic nitrogens is 1. The number of piperidine rings is 1. The summed E-state index contributed by atoms with van der Waals surface area (Å²) in [6, 6.07) is 10.2. The van der Waals surface area contributed by atoms with E-state index in [0.29, 0.717) is 18.8 Å². The van der Waals surface area contributed by atoms with Gasteiger partial charge in [0, 0.05) is 49.2 Å². The van der Waals surface area contributed by atoms with Crippen LogP contribution < -0.4 is 0 Å². The lowest BCUT2D eigenvalue weighted by atomic mass is 9.72. The van der Waals surface area contributed by atoms with Crippen LogP contribution in [0.3, 0.4) is 0 Å². The number of thioether (sulfide) groups is 1. The largest absolute Gasteiger partial charge is 0.390 e. The van der Waals surface area contributed by atoms with Crippen molar-refractivity contribution in [1.82, 2.24) is 15.0 Å². The molecule has 1 N–H and O–H groups in total. The highest BCUT2D eigenvalue weighted by Crippen LogP contribution is 2.53. The quantitative estimate of drug-likeness (QED) is 0.836. The molecule has 0 bridgehead atoms. The average Bonchev–Trinajstić information content (AvgIpc) is 3.36. The van der Waals surface area contributed by atoms with Crippen LogP contribution in [0.1, 0.15) is 40.5 Å². The van der Waals surface area contributed by atoms with E-state index < -0.39 is 6.10 Å². The van der Waals surface area contributed by atoms with Crippen LogP contribution in [-0.4, -0.2) is 69.8 Å². The maximum Gasteiger partial charge on any atom is 0.276 e. The second kappa shape index (κ2) is 7.21. The monoisotopic (exact) mass is 399 g/mol. The Morgan fingerprint density at radius 2 is 1.89 bits per heavy atom. The second-order valence-corrected chi connectivity index (χ2v) is 9.18. The summed E-state index contributed by atoms with van der Waals surface area (Å²) in [7, 11) is 0. The molecule has 148 valence electrons. The minimum absolute atomic E-state index is 0.0647. The van der Waals surface area contributed by atoms with Crippen LogP contribution in [0.2, 0.25) is 0 Å². The van der Waals surface area contributed by atoms with Crippen molar-refractivity contribution in [2.24, 2.45) is 0 Å². The van der Waals surface area contributed by atoms with E-state index >= 15 is 0 Å². The number of rotatable bonds is 2. The highest BCUT2D eigenvalue weighted by molar-refractivity contribution is 7.99. The molecule has 6 nitrogen and oxygen atoms in total. The average molecular weight is 400 g/mol. The molecule has 28 heavy (non-hydrogen) atoms. The first-order valence-electron chi connectivity index (χ1n) is 10.00. The lowest BCUT2D eigenvalue weighted by molar-refractivity contribution is -0.0114. The molecule has 0 radical (unpaired) electrons. The van der Waals surface area contributed by atoms with Gasteiger partial charge in [-0.3, -0.25) is 9.69 Å². The first kappa shape index (κ1) is 18.2. The predicted molar refractivity (Wildman–Crippen MR) is 107 cm³/mol. The van der Waals surface area contributed by atoms with E-state index in [1.807, 2.05) is 16.7 Å². The fourth-order valence-corrected chi connectivity index (χ4v) is 6.18. The third-order valence-electron chi connectivity index (χ3n) is 6.72. The first-order chi connectivity index (χ1) is 13.7. The Hall–Kier alpha value is -1.83. The molecule has 2 atom stereocenters. The van der Waals surface area contributed by atoms with E-state index in [9.17, 15) is 9.90 Å². The smallest absolute Gasteiger partial charge is 0.276 e. The van der Waals surface area contributed by atoms with Crippen LogP contribution in [0.25, 0.3) is 0 Å². The summed E-state index contributed by atoms with van der Waals surface area (Å²) < 4.78 is 4.82. The molecule has 1 aromatic heterocycles. The number of nitrogens with zero attached hydrogens (tertiary/aromatic N) is 3. The number of hydrogen-bond donors (Lipinski definition) is 1. The molecule has 1 spiro atoms. The van der Waals surface area contributed by atoms with Crippen molar-refractivity contribution >= 4 is 17.7 Å². The summed E-state index contributed by atoms with van der Waals surface area (Å²) in [4.78, 5) is 16.9. The van der Waals surface area contributed by atoms with E-state index in [4.69, 9.17) is 4.52 Å². The van der Waals surface area contributed by atoms with Gasteiger partial charge in [-0.15, -0.1) is 0 Å². The first-order valence-corrected chi connectivity index (χ1v) is 11.2. The lowest BCUT2D eigenvalue weighted by Gasteiger charge is -2.44. The molecule has 7 heteroatoms. The van der Waals surface area contributed by atoms with Crippen LogP contribution in [0, 0.1) is 0 Å². The van der Waals surface area contributed by atoms with Crippen molar-refractivity contribution < 1.29 is 14.4 Å². The maximum atomic E-state index is 12.6. The number of aliphatic hydroxyl groups excluding tert-OH is 1. The number of carbonyl (C=O) groups excluding carboxylic acids is 1. The molecule has 5 rings (SSSR count). The summed E-state index contributed by atoms with van der Waals surface area (Å²) in [5, 5.41) is 15.3. The van der Waals surface area contributed by atoms with Gasteiger partial charge in [0.25, 0.3) is 5.91 Å². The summed E-state index contributed by atoms with van der Waals surface area (Å²) in [5.74, 6) is 2.16. The lowest BCUT2D eigenvalue weighted by Crippen LogP contribution is -2.51. The van der Waals surface area contributed by atoms with Gasteiger partial charge in [-0.05, 0) is 24.0 Å². The fourth-order valence-electron chi connectivity index (χ4n) is 5.25. The van der Waals surface area contributed by atoms with Gasteiger partial charge in [0.2, 0.25) is 0 Å². The zero-order valence-corrected chi connectivity index (χ0v) is 16.6. The van der Waals surface area contributed by atoms with E-state index in [2.05, 4.69) is 34.3 Å². The number of benzene rings is 1. The van der Waals surface area contributed by atoms with Gasteiger partial charge in [0.1, 0.15) is 6.26 Å². The third-order valence-corrected chi connectivity index (χ3v) is 7.66. The molecule has 0 saturated carbocycles. The molecule has 2 fully saturated rings. The minimum Gasteiger partial charge on any atom is -0.390 e. The van der Waals surface area contributed by atoms with Gasteiger partial charge < -0.3 is 14.5 Å². The predicted octanol–water partition coefficient (Wildman–Crippen LogP) is 2.31. The zero-order valence-electron chi connectivity index (χ0n) is 15.8. The number of hydrogen-bond acceptors (Lipinski definition) is 6. The number of aliphatic hydroxyl groups is 1. The van der Waals surface area contributed by atoms with Gasteiger partial charge in [0.05, 0.1) is 12.1 Å². The molecule has 2 aromatic rings. The van der Waals surface area contributed by atoms with E-state index in [1.165, 1.54) is 17.4 Å². The SMILES string of the molecule is O=C(c1ccon1)N1CCC2(CC1)c1ccccc1[C@@H](N1CCSCC1)[C@@H]2O. The maximum absolute atomic E-state index is 12.6. The van der Waals surface area contributed by atoms with E-state index in [-0.39, 0.29) is 17.4 Å². The summed E-state index contributed by atoms with van der Waals surface area (Å²) in [6.45, 7) is 3.29. The fraction of sp³-hybridized carbons (Fsp3) is 0.524. The number of amides is 1. The van der Waals surface area contributed by atoms with Crippen LogP contribution in [0.5, 0.6) is 0 Å². The van der Waals surface area contributed by atoms with Crippen molar-refractivity contribution in [2.45, 2.75) is 30.4 Å². The molecular formula is C21H25N3O3S. The Labute approximate surface area is 168 Å². The van der Waals surface area contributed by atoms with E-state index in [1.54, 1.807) is 6.07 Å². The summed E-state index contributed by atoms with van der Waals surface area (Å²) in [6.07, 6.45) is 2.54. The van der Waals surface area contributed by atoms with Gasteiger partial charge in [-0.1, -0.05) is 29.4 Å². The Morgan fingerprint density at radius 3 is 2.61 bits per heavy atom. The minimum atomic E-state index is -0.433. The van der Waals surface area contributed by atoms with Crippen molar-refractivity contribution in [3.63, 3.8) is 0 Å². The Balaban J connectivity index is 1.41. The highest BCUT2D eigenvalue weighted by atomic mass is 32.2. The number of likely N-dealkylation sites (tertiary alicyclic amines) is 1. The van der Waals surface area contributed by atoms with Crippen molar-refractivity contribution in [1.29, 1.82) is 0 Å². The number of carbonyl (C=O) groups is 1. The summed E-state index contributed by atoms with van der Waals surface area (Å²) in [5.41, 5.74) is 2.64. The molecule has 2 aliphatic heterocycles. The van der Waals surface area contributed by atoms with E-state index in [0.717, 1.165) is 37.4 Å². The van der Waals surface area contributed by atoms with Crippen molar-refractivity contribution in [3.05, 3.63) is 53.4 Å². The van der Waals surface area contributed by atoms with Crippen molar-refractivity contribution in [2.75, 3.05) is 37.7 Å². The van der Waals surface area contributed by atoms with Gasteiger partial charge >= 0.3 is 0 Å². The molecule has 1 aromatic carbocycles. The van der Waals surface area contributed by atoms with Crippen LogP contribution in [0.4, 0.5) is 0 Å². The molecule has 1 amide bonds. The normalized spacial score (nSPS) is 27.1. The molecule has 0 unspecified atom stereocenters. The Kier molecular flexibility index (Phi) is 4.69. The third kappa shape index (κ3) is 2.79. The van der Waals surface area contributed by atoms with Gasteiger partial charge in [-0.2, -0.15) is 11.8 Å². The molecular weight excluding hydrogens is 374 g/mol. The topological polar surface area (TPSA) is 69.8 Å².